The minimum absolute atomic E-state index is 0. The van der Waals surface area contributed by atoms with Gasteiger partial charge in [0.15, 0.2) is 5.58 Å². The van der Waals surface area contributed by atoms with Gasteiger partial charge in [-0.1, -0.05) is 11.2 Å². The molecule has 1 aromatic heterocycles. The molecule has 4 nitrogen and oxygen atoms in total. The molecule has 0 saturated heterocycles. The van der Waals surface area contributed by atoms with Crippen LogP contribution in [0.25, 0.3) is 11.0 Å². The second kappa shape index (κ2) is 5.94. The summed E-state index contributed by atoms with van der Waals surface area (Å²) in [7, 11) is 0. The maximum Gasteiger partial charge on any atom is 0.167 e. The van der Waals surface area contributed by atoms with Crippen molar-refractivity contribution in [3.05, 3.63) is 29.5 Å². The summed E-state index contributed by atoms with van der Waals surface area (Å²) in [6.07, 6.45) is -0.525. The molecule has 19 heavy (non-hydrogen) atoms. The van der Waals surface area contributed by atoms with Gasteiger partial charge in [-0.3, -0.25) is 0 Å². The Hall–Kier alpha value is -1.04. The summed E-state index contributed by atoms with van der Waals surface area (Å²) in [4.78, 5) is 0. The van der Waals surface area contributed by atoms with E-state index in [1.807, 2.05) is 25.1 Å². The van der Waals surface area contributed by atoms with Crippen LogP contribution in [-0.4, -0.2) is 22.3 Å². The van der Waals surface area contributed by atoms with Crippen LogP contribution in [0.1, 0.15) is 38.1 Å². The fraction of sp³-hybridized carbons (Fsp3) is 0.500. The van der Waals surface area contributed by atoms with Crippen LogP contribution in [0.2, 0.25) is 0 Å². The molecule has 0 bridgehead atoms. The van der Waals surface area contributed by atoms with Crippen molar-refractivity contribution in [1.29, 1.82) is 0 Å². The fourth-order valence-electron chi connectivity index (χ4n) is 1.80. The monoisotopic (exact) mass is 282 g/mol. The first kappa shape index (κ1) is 16.0. The molecule has 2 N–H and O–H groups in total. The van der Waals surface area contributed by atoms with Crippen LogP contribution >= 0.6 is 13.5 Å². The Morgan fingerprint density at radius 1 is 1.37 bits per heavy atom. The van der Waals surface area contributed by atoms with E-state index in [-0.39, 0.29) is 19.0 Å². The first-order valence-corrected chi connectivity index (χ1v) is 6.16. The smallest absolute Gasteiger partial charge is 0.167 e. The third kappa shape index (κ3) is 3.96. The van der Waals surface area contributed by atoms with E-state index in [0.29, 0.717) is 6.54 Å². The third-order valence-electron chi connectivity index (χ3n) is 2.88. The van der Waals surface area contributed by atoms with E-state index >= 15 is 0 Å². The maximum atomic E-state index is 10.2. The van der Waals surface area contributed by atoms with Crippen LogP contribution in [-0.2, 0) is 0 Å². The highest BCUT2D eigenvalue weighted by molar-refractivity contribution is 7.59. The summed E-state index contributed by atoms with van der Waals surface area (Å²) in [5, 5.41) is 18.3. The van der Waals surface area contributed by atoms with Crippen molar-refractivity contribution in [1.82, 2.24) is 10.5 Å². The molecule has 0 radical (unpaired) electrons. The first-order valence-electron chi connectivity index (χ1n) is 6.16. The van der Waals surface area contributed by atoms with Crippen LogP contribution in [0, 0.1) is 6.92 Å². The lowest BCUT2D eigenvalue weighted by Gasteiger charge is -2.23. The molecule has 106 valence electrons. The Morgan fingerprint density at radius 2 is 2.05 bits per heavy atom. The summed E-state index contributed by atoms with van der Waals surface area (Å²) in [6.45, 7) is 8.65. The van der Waals surface area contributed by atoms with Gasteiger partial charge in [0.2, 0.25) is 0 Å². The van der Waals surface area contributed by atoms with Gasteiger partial charge in [-0.15, -0.1) is 0 Å². The fourth-order valence-corrected chi connectivity index (χ4v) is 1.80. The largest absolute Gasteiger partial charge is 0.387 e. The van der Waals surface area contributed by atoms with Crippen LogP contribution in [0.3, 0.4) is 0 Å². The van der Waals surface area contributed by atoms with Gasteiger partial charge in [-0.05, 0) is 45.4 Å². The minimum Gasteiger partial charge on any atom is -0.387 e. The zero-order valence-corrected chi connectivity index (χ0v) is 12.8. The van der Waals surface area contributed by atoms with Gasteiger partial charge in [-0.2, -0.15) is 13.5 Å². The Kier molecular flexibility index (Phi) is 5.01. The van der Waals surface area contributed by atoms with Crippen LogP contribution < -0.4 is 5.32 Å². The molecule has 1 aromatic carbocycles. The number of β-amino-alcohol motifs (C(OH)–C–C–N with tert-alkyl or cyclic N) is 1. The number of hydrogen-bond acceptors (Lipinski definition) is 4. The van der Waals surface area contributed by atoms with Crippen molar-refractivity contribution in [2.24, 2.45) is 0 Å². The van der Waals surface area contributed by atoms with Gasteiger partial charge in [0, 0.05) is 17.5 Å². The number of aliphatic hydroxyl groups is 1. The molecule has 0 aliphatic heterocycles. The van der Waals surface area contributed by atoms with Crippen molar-refractivity contribution < 1.29 is 9.63 Å². The van der Waals surface area contributed by atoms with Gasteiger partial charge in [-0.25, -0.2) is 0 Å². The molecule has 0 aliphatic rings. The standard InChI is InChI=1S/C14H20N2O2.H2S/c1-9-11-7-10(5-6-13(11)18-16-9)12(17)8-15-14(2,3)4;/h5-7,12,15,17H,8H2,1-4H3;1H2/t12-;/m1./s1. The van der Waals surface area contributed by atoms with E-state index in [1.54, 1.807) is 0 Å². The number of nitrogens with one attached hydrogen (secondary N) is 1. The lowest BCUT2D eigenvalue weighted by atomic mass is 10.0. The highest BCUT2D eigenvalue weighted by atomic mass is 32.1. The molecule has 0 saturated carbocycles. The molecule has 1 heterocycles. The molecule has 2 aromatic rings. The van der Waals surface area contributed by atoms with Crippen molar-refractivity contribution >= 4 is 24.5 Å². The summed E-state index contributed by atoms with van der Waals surface area (Å²) in [5.74, 6) is 0. The highest BCUT2D eigenvalue weighted by Crippen LogP contribution is 2.23. The highest BCUT2D eigenvalue weighted by Gasteiger charge is 2.15. The quantitative estimate of drug-likeness (QED) is 0.908. The second-order valence-electron chi connectivity index (χ2n) is 5.67. The van der Waals surface area contributed by atoms with Crippen molar-refractivity contribution in [3.8, 4) is 0 Å². The van der Waals surface area contributed by atoms with Gasteiger partial charge in [0.05, 0.1) is 11.8 Å². The van der Waals surface area contributed by atoms with Crippen molar-refractivity contribution in [3.63, 3.8) is 0 Å². The molecule has 0 unspecified atom stereocenters. The molecular weight excluding hydrogens is 260 g/mol. The number of fused-ring (bicyclic) bond motifs is 1. The lowest BCUT2D eigenvalue weighted by molar-refractivity contribution is 0.163. The van der Waals surface area contributed by atoms with Gasteiger partial charge in [0.1, 0.15) is 0 Å². The number of aliphatic hydroxyl groups excluding tert-OH is 1. The van der Waals surface area contributed by atoms with Crippen molar-refractivity contribution in [2.45, 2.75) is 39.3 Å². The van der Waals surface area contributed by atoms with E-state index < -0.39 is 6.10 Å². The van der Waals surface area contributed by atoms with Crippen LogP contribution in [0.5, 0.6) is 0 Å². The Balaban J connectivity index is 0.00000180. The number of rotatable bonds is 3. The normalized spacial score (nSPS) is 13.3. The maximum absolute atomic E-state index is 10.2. The molecule has 1 atom stereocenters. The number of aryl methyl sites for hydroxylation is 1. The Morgan fingerprint density at radius 3 is 2.68 bits per heavy atom. The van der Waals surface area contributed by atoms with Gasteiger partial charge in [0.25, 0.3) is 0 Å². The molecule has 0 aliphatic carbocycles. The summed E-state index contributed by atoms with van der Waals surface area (Å²) < 4.78 is 5.15. The molecule has 0 spiro atoms. The van der Waals surface area contributed by atoms with E-state index in [0.717, 1.165) is 22.2 Å². The topological polar surface area (TPSA) is 58.3 Å². The van der Waals surface area contributed by atoms with Crippen LogP contribution in [0.4, 0.5) is 0 Å². The Bertz CT molecular complexity index is 546. The molecule has 0 amide bonds. The zero-order valence-electron chi connectivity index (χ0n) is 11.8. The minimum atomic E-state index is -0.525. The first-order chi connectivity index (χ1) is 8.37. The van der Waals surface area contributed by atoms with Crippen molar-refractivity contribution in [2.75, 3.05) is 6.54 Å². The zero-order chi connectivity index (χ0) is 13.3. The Labute approximate surface area is 120 Å². The van der Waals surface area contributed by atoms with Crippen LogP contribution in [0.15, 0.2) is 22.7 Å². The number of benzene rings is 1. The van der Waals surface area contributed by atoms with Gasteiger partial charge < -0.3 is 14.9 Å². The molecule has 0 fully saturated rings. The van der Waals surface area contributed by atoms with Gasteiger partial charge >= 0.3 is 0 Å². The molecular formula is C14H22N2O2S. The number of nitrogens with zero attached hydrogens (tertiary/aromatic N) is 1. The van der Waals surface area contributed by atoms with E-state index in [1.165, 1.54) is 0 Å². The average Bonchev–Trinajstić information content (AvgIpc) is 2.67. The average molecular weight is 282 g/mol. The predicted octanol–water partition coefficient (Wildman–Crippen LogP) is 2.67. The van der Waals surface area contributed by atoms with E-state index in [4.69, 9.17) is 4.52 Å². The molecule has 2 rings (SSSR count). The number of hydrogen-bond donors (Lipinski definition) is 2. The summed E-state index contributed by atoms with van der Waals surface area (Å²) in [6, 6.07) is 5.67. The summed E-state index contributed by atoms with van der Waals surface area (Å²) in [5.41, 5.74) is 2.48. The third-order valence-corrected chi connectivity index (χ3v) is 2.88. The predicted molar refractivity (Wildman–Crippen MR) is 81.8 cm³/mol. The SMILES string of the molecule is Cc1noc2ccc([C@H](O)CNC(C)(C)C)cc12.S. The summed E-state index contributed by atoms with van der Waals surface area (Å²) >= 11 is 0. The number of aromatic nitrogens is 1. The van der Waals surface area contributed by atoms with E-state index in [2.05, 4.69) is 31.2 Å². The second-order valence-corrected chi connectivity index (χ2v) is 5.67. The van der Waals surface area contributed by atoms with E-state index in [9.17, 15) is 5.11 Å². The molecule has 5 heteroatoms. The lowest BCUT2D eigenvalue weighted by Crippen LogP contribution is -2.38.